The molecule has 3 heterocycles. The fourth-order valence-corrected chi connectivity index (χ4v) is 9.87. The number of nitrogens with zero attached hydrogens (tertiary/aromatic N) is 3. The van der Waals surface area contributed by atoms with Crippen molar-refractivity contribution in [3.63, 3.8) is 0 Å². The molecule has 12 rings (SSSR count). The van der Waals surface area contributed by atoms with Crippen LogP contribution in [0.4, 0.5) is 0 Å². The molecule has 1 aliphatic rings. The lowest BCUT2D eigenvalue weighted by Gasteiger charge is -2.33. The Hall–Kier alpha value is -8.27. The molecule has 0 saturated heterocycles. The number of aromatic nitrogens is 2. The van der Waals surface area contributed by atoms with Gasteiger partial charge in [-0.05, 0) is 124 Å². The second-order valence-electron chi connectivity index (χ2n) is 17.0. The highest BCUT2D eigenvalue weighted by Gasteiger charge is 2.34. The van der Waals surface area contributed by atoms with Crippen LogP contribution in [-0.2, 0) is 5.66 Å². The van der Waals surface area contributed by atoms with E-state index in [1.807, 2.05) is 0 Å². The van der Waals surface area contributed by atoms with Gasteiger partial charge in [0.25, 0.3) is 0 Å². The second kappa shape index (κ2) is 15.0. The maximum atomic E-state index is 5.59. The highest BCUT2D eigenvalue weighted by molar-refractivity contribution is 6.14. The summed E-state index contributed by atoms with van der Waals surface area (Å²) in [6.07, 6.45) is 4.25. The lowest BCUT2D eigenvalue weighted by Crippen LogP contribution is -2.32. The maximum Gasteiger partial charge on any atom is 0.159 e. The zero-order valence-electron chi connectivity index (χ0n) is 35.5. The Kier molecular flexibility index (Phi) is 8.77. The third-order valence-corrected chi connectivity index (χ3v) is 13.2. The molecule has 9 aromatic carbocycles. The third kappa shape index (κ3) is 6.16. The van der Waals surface area contributed by atoms with Gasteiger partial charge in [0.1, 0.15) is 0 Å². The van der Waals surface area contributed by atoms with Crippen LogP contribution >= 0.6 is 0 Å². The standard InChI is InChI=1S/C61H43N3/c1-41-25-33-56(50-20-14-19-46(37-50)45-28-26-44(27-29-45)42-15-6-3-7-16-42)62-61(41,2)64-59-24-13-12-23-52(59)53-39-49(32-36-60(53)64)48-31-35-58-55(40-48)54-38-47(43-17-8-4-9-18-43)30-34-57(54)63(58)51-21-10-5-11-22-51/h3-40H,1H2,2H3. The van der Waals surface area contributed by atoms with Gasteiger partial charge in [0.2, 0.25) is 0 Å². The molecule has 0 amide bonds. The quantitative estimate of drug-likeness (QED) is 0.153. The molecule has 0 fully saturated rings. The zero-order valence-corrected chi connectivity index (χ0v) is 35.5. The number of rotatable bonds is 7. The first-order valence-corrected chi connectivity index (χ1v) is 22.0. The van der Waals surface area contributed by atoms with E-state index < -0.39 is 5.66 Å². The highest BCUT2D eigenvalue weighted by atomic mass is 15.2. The van der Waals surface area contributed by atoms with E-state index in [2.05, 4.69) is 253 Å². The van der Waals surface area contributed by atoms with Crippen molar-refractivity contribution in [2.75, 3.05) is 0 Å². The maximum absolute atomic E-state index is 5.59. The Labute approximate surface area is 372 Å². The molecule has 0 radical (unpaired) electrons. The minimum Gasteiger partial charge on any atom is -0.311 e. The van der Waals surface area contributed by atoms with E-state index >= 15 is 0 Å². The van der Waals surface area contributed by atoms with Gasteiger partial charge in [0.15, 0.2) is 5.66 Å². The normalized spacial score (nSPS) is 15.1. The topological polar surface area (TPSA) is 22.2 Å². The van der Waals surface area contributed by atoms with Crippen LogP contribution in [0.5, 0.6) is 0 Å². The molecule has 0 N–H and O–H groups in total. The minimum atomic E-state index is -0.769. The predicted octanol–water partition coefficient (Wildman–Crippen LogP) is 15.8. The second-order valence-corrected chi connectivity index (χ2v) is 17.0. The molecule has 1 unspecified atom stereocenters. The van der Waals surface area contributed by atoms with Crippen molar-refractivity contribution in [2.24, 2.45) is 4.99 Å². The number of hydrogen-bond donors (Lipinski definition) is 0. The van der Waals surface area contributed by atoms with Crippen molar-refractivity contribution in [1.29, 1.82) is 0 Å². The lowest BCUT2D eigenvalue weighted by molar-refractivity contribution is 0.438. The minimum absolute atomic E-state index is 0.769. The number of fused-ring (bicyclic) bond motifs is 6. The third-order valence-electron chi connectivity index (χ3n) is 13.2. The first kappa shape index (κ1) is 37.5. The molecule has 0 saturated carbocycles. The van der Waals surface area contributed by atoms with Crippen LogP contribution in [-0.4, -0.2) is 14.8 Å². The average molecular weight is 818 g/mol. The summed E-state index contributed by atoms with van der Waals surface area (Å²) in [6.45, 7) is 6.81. The summed E-state index contributed by atoms with van der Waals surface area (Å²) in [7, 11) is 0. The molecule has 1 atom stereocenters. The Morgan fingerprint density at radius 2 is 0.781 bits per heavy atom. The summed E-state index contributed by atoms with van der Waals surface area (Å²) >= 11 is 0. The molecule has 11 aromatic rings. The Bertz CT molecular complexity index is 3660. The number of dihydropyridines is 1. The molecule has 0 aliphatic carbocycles. The van der Waals surface area contributed by atoms with Crippen molar-refractivity contribution in [3.05, 3.63) is 248 Å². The van der Waals surface area contributed by atoms with Gasteiger partial charge >= 0.3 is 0 Å². The van der Waals surface area contributed by atoms with Gasteiger partial charge in [-0.1, -0.05) is 170 Å². The summed E-state index contributed by atoms with van der Waals surface area (Å²) in [6, 6.07) is 78.9. The predicted molar refractivity (Wildman–Crippen MR) is 270 cm³/mol. The van der Waals surface area contributed by atoms with Gasteiger partial charge in [-0.15, -0.1) is 0 Å². The van der Waals surface area contributed by atoms with Crippen molar-refractivity contribution in [3.8, 4) is 50.2 Å². The van der Waals surface area contributed by atoms with E-state index in [1.54, 1.807) is 0 Å². The molecule has 3 nitrogen and oxygen atoms in total. The molecule has 0 spiro atoms. The van der Waals surface area contributed by atoms with Gasteiger partial charge in [0, 0.05) is 32.8 Å². The van der Waals surface area contributed by atoms with Gasteiger partial charge in [0.05, 0.1) is 27.8 Å². The van der Waals surface area contributed by atoms with E-state index in [4.69, 9.17) is 4.99 Å². The summed E-state index contributed by atoms with van der Waals surface area (Å²) in [4.78, 5) is 5.59. The van der Waals surface area contributed by atoms with Crippen LogP contribution in [0, 0.1) is 0 Å². The van der Waals surface area contributed by atoms with Crippen LogP contribution in [0.1, 0.15) is 12.5 Å². The molecule has 302 valence electrons. The molecular weight excluding hydrogens is 775 g/mol. The number of benzene rings is 9. The molecule has 2 aromatic heterocycles. The van der Waals surface area contributed by atoms with Crippen molar-refractivity contribution >= 4 is 49.3 Å². The van der Waals surface area contributed by atoms with Gasteiger partial charge in [-0.25, -0.2) is 0 Å². The number of hydrogen-bond acceptors (Lipinski definition) is 1. The SMILES string of the molecule is C=C1C=CC(c2cccc(-c3ccc(-c4ccccc4)cc3)c2)=NC1(C)n1c2ccccc2c2cc(-c3ccc4c(c3)c3cc(-c5ccccc5)ccc3n4-c3ccccc3)ccc21. The van der Waals surface area contributed by atoms with Crippen LogP contribution in [0.15, 0.2) is 248 Å². The lowest BCUT2D eigenvalue weighted by atomic mass is 9.94. The Morgan fingerprint density at radius 1 is 0.359 bits per heavy atom. The van der Waals surface area contributed by atoms with Crippen LogP contribution in [0.3, 0.4) is 0 Å². The summed E-state index contributed by atoms with van der Waals surface area (Å²) < 4.78 is 4.78. The molecule has 3 heteroatoms. The summed E-state index contributed by atoms with van der Waals surface area (Å²) in [5.41, 5.74) is 17.4. The van der Waals surface area contributed by atoms with Crippen molar-refractivity contribution in [1.82, 2.24) is 9.13 Å². The largest absolute Gasteiger partial charge is 0.311 e. The van der Waals surface area contributed by atoms with E-state index in [0.29, 0.717) is 0 Å². The number of allylic oxidation sites excluding steroid dienone is 1. The smallest absolute Gasteiger partial charge is 0.159 e. The van der Waals surface area contributed by atoms with Crippen LogP contribution < -0.4 is 0 Å². The first-order valence-electron chi connectivity index (χ1n) is 22.0. The first-order chi connectivity index (χ1) is 31.5. The summed E-state index contributed by atoms with van der Waals surface area (Å²) in [5.74, 6) is 0. The van der Waals surface area contributed by atoms with Crippen LogP contribution in [0.2, 0.25) is 0 Å². The van der Waals surface area contributed by atoms with E-state index in [-0.39, 0.29) is 0 Å². The van der Waals surface area contributed by atoms with Crippen molar-refractivity contribution < 1.29 is 0 Å². The van der Waals surface area contributed by atoms with E-state index in [9.17, 15) is 0 Å². The molecule has 64 heavy (non-hydrogen) atoms. The molecule has 0 bridgehead atoms. The Morgan fingerprint density at radius 3 is 1.42 bits per heavy atom. The summed E-state index contributed by atoms with van der Waals surface area (Å²) in [5, 5.41) is 4.84. The number of aliphatic imine (C=N–C) groups is 1. The van der Waals surface area contributed by atoms with Crippen LogP contribution in [0.25, 0.3) is 93.8 Å². The Balaban J connectivity index is 0.958. The zero-order chi connectivity index (χ0) is 42.8. The average Bonchev–Trinajstić information content (AvgIpc) is 3.88. The van der Waals surface area contributed by atoms with Gasteiger partial charge in [-0.2, -0.15) is 0 Å². The fourth-order valence-electron chi connectivity index (χ4n) is 9.87. The number of para-hydroxylation sites is 2. The molecule has 1 aliphatic heterocycles. The molecular formula is C61H43N3. The van der Waals surface area contributed by atoms with Gasteiger partial charge < -0.3 is 9.13 Å². The monoisotopic (exact) mass is 817 g/mol. The fraction of sp³-hybridized carbons (Fsp3) is 0.0328. The highest BCUT2D eigenvalue weighted by Crippen LogP contribution is 2.43. The van der Waals surface area contributed by atoms with E-state index in [0.717, 1.165) is 39.1 Å². The van der Waals surface area contributed by atoms with E-state index in [1.165, 1.54) is 71.5 Å². The van der Waals surface area contributed by atoms with Gasteiger partial charge in [-0.3, -0.25) is 4.99 Å². The van der Waals surface area contributed by atoms with Crippen molar-refractivity contribution in [2.45, 2.75) is 12.6 Å².